The Morgan fingerprint density at radius 3 is 2.42 bits per heavy atom. The standard InChI is InChI=1S/C20H22N4/c1-2-16-8-10-18(11-9-16)23-19-13-15-22-20(24-19)21-14-12-17-6-4-3-5-7-17/h3-11,13,15H,2,12,14H2,1H3,(H2,21,22,23,24). The van der Waals surface area contributed by atoms with E-state index in [0.29, 0.717) is 5.95 Å². The Balaban J connectivity index is 1.57. The number of benzene rings is 2. The van der Waals surface area contributed by atoms with Gasteiger partial charge in [-0.1, -0.05) is 49.4 Å². The van der Waals surface area contributed by atoms with Crippen molar-refractivity contribution in [2.45, 2.75) is 19.8 Å². The number of aryl methyl sites for hydroxylation is 1. The molecule has 4 heteroatoms. The highest BCUT2D eigenvalue weighted by molar-refractivity contribution is 5.57. The van der Waals surface area contributed by atoms with Crippen molar-refractivity contribution in [1.82, 2.24) is 9.97 Å². The lowest BCUT2D eigenvalue weighted by Crippen LogP contribution is -2.08. The molecular formula is C20H22N4. The van der Waals surface area contributed by atoms with Gasteiger partial charge in [-0.05, 0) is 42.2 Å². The molecule has 3 rings (SSSR count). The number of nitrogens with zero attached hydrogens (tertiary/aromatic N) is 2. The molecule has 4 nitrogen and oxygen atoms in total. The van der Waals surface area contributed by atoms with E-state index in [9.17, 15) is 0 Å². The highest BCUT2D eigenvalue weighted by Gasteiger charge is 2.00. The zero-order chi connectivity index (χ0) is 16.6. The van der Waals surface area contributed by atoms with Crippen LogP contribution in [0.2, 0.25) is 0 Å². The molecule has 0 spiro atoms. The summed E-state index contributed by atoms with van der Waals surface area (Å²) in [4.78, 5) is 8.79. The normalized spacial score (nSPS) is 10.4. The highest BCUT2D eigenvalue weighted by atomic mass is 15.1. The number of hydrogen-bond acceptors (Lipinski definition) is 4. The average molecular weight is 318 g/mol. The van der Waals surface area contributed by atoms with E-state index in [2.05, 4.69) is 76.1 Å². The van der Waals surface area contributed by atoms with Crippen LogP contribution >= 0.6 is 0 Å². The molecule has 2 N–H and O–H groups in total. The van der Waals surface area contributed by atoms with Crippen LogP contribution in [0.5, 0.6) is 0 Å². The lowest BCUT2D eigenvalue weighted by molar-refractivity contribution is 0.985. The van der Waals surface area contributed by atoms with E-state index in [-0.39, 0.29) is 0 Å². The predicted molar refractivity (Wildman–Crippen MR) is 99.8 cm³/mol. The largest absolute Gasteiger partial charge is 0.354 e. The van der Waals surface area contributed by atoms with Crippen LogP contribution in [0.15, 0.2) is 66.9 Å². The van der Waals surface area contributed by atoms with Crippen LogP contribution in [0.1, 0.15) is 18.1 Å². The summed E-state index contributed by atoms with van der Waals surface area (Å²) in [6, 6.07) is 20.7. The monoisotopic (exact) mass is 318 g/mol. The maximum absolute atomic E-state index is 4.51. The minimum Gasteiger partial charge on any atom is -0.354 e. The molecule has 0 unspecified atom stereocenters. The van der Waals surface area contributed by atoms with Crippen molar-refractivity contribution in [2.75, 3.05) is 17.2 Å². The van der Waals surface area contributed by atoms with Gasteiger partial charge in [-0.15, -0.1) is 0 Å². The van der Waals surface area contributed by atoms with Gasteiger partial charge in [0.25, 0.3) is 0 Å². The van der Waals surface area contributed by atoms with E-state index < -0.39 is 0 Å². The summed E-state index contributed by atoms with van der Waals surface area (Å²) in [5.74, 6) is 1.43. The fourth-order valence-electron chi connectivity index (χ4n) is 2.45. The SMILES string of the molecule is CCc1ccc(Nc2ccnc(NCCc3ccccc3)n2)cc1. The summed E-state index contributed by atoms with van der Waals surface area (Å²) in [5, 5.41) is 6.59. The van der Waals surface area contributed by atoms with Crippen molar-refractivity contribution in [1.29, 1.82) is 0 Å². The molecule has 0 atom stereocenters. The Morgan fingerprint density at radius 2 is 1.67 bits per heavy atom. The fourth-order valence-corrected chi connectivity index (χ4v) is 2.45. The maximum atomic E-state index is 4.51. The number of nitrogens with one attached hydrogen (secondary N) is 2. The van der Waals surface area contributed by atoms with Crippen molar-refractivity contribution in [2.24, 2.45) is 0 Å². The molecule has 24 heavy (non-hydrogen) atoms. The molecule has 0 aliphatic heterocycles. The van der Waals surface area contributed by atoms with Crippen LogP contribution in [-0.2, 0) is 12.8 Å². The van der Waals surface area contributed by atoms with Crippen LogP contribution < -0.4 is 10.6 Å². The van der Waals surface area contributed by atoms with E-state index in [1.165, 1.54) is 11.1 Å². The number of rotatable bonds is 7. The van der Waals surface area contributed by atoms with Crippen LogP contribution in [0.3, 0.4) is 0 Å². The van der Waals surface area contributed by atoms with E-state index in [0.717, 1.165) is 30.9 Å². The van der Waals surface area contributed by atoms with Crippen molar-refractivity contribution in [3.8, 4) is 0 Å². The molecule has 0 fully saturated rings. The lowest BCUT2D eigenvalue weighted by Gasteiger charge is -2.09. The van der Waals surface area contributed by atoms with E-state index in [4.69, 9.17) is 0 Å². The zero-order valence-electron chi connectivity index (χ0n) is 13.9. The Hall–Kier alpha value is -2.88. The Kier molecular flexibility index (Phi) is 5.40. The summed E-state index contributed by atoms with van der Waals surface area (Å²) in [6.45, 7) is 2.96. The first-order chi connectivity index (χ1) is 11.8. The van der Waals surface area contributed by atoms with Gasteiger partial charge in [0, 0.05) is 18.4 Å². The molecule has 0 aliphatic carbocycles. The van der Waals surface area contributed by atoms with Gasteiger partial charge in [0.15, 0.2) is 0 Å². The maximum Gasteiger partial charge on any atom is 0.224 e. The van der Waals surface area contributed by atoms with Gasteiger partial charge in [-0.3, -0.25) is 0 Å². The van der Waals surface area contributed by atoms with Gasteiger partial charge < -0.3 is 10.6 Å². The van der Waals surface area contributed by atoms with Crippen molar-refractivity contribution < 1.29 is 0 Å². The van der Waals surface area contributed by atoms with Crippen molar-refractivity contribution >= 4 is 17.5 Å². The number of hydrogen-bond donors (Lipinski definition) is 2. The topological polar surface area (TPSA) is 49.8 Å². The summed E-state index contributed by atoms with van der Waals surface area (Å²) in [5.41, 5.74) is 3.66. The molecule has 0 bridgehead atoms. The minimum absolute atomic E-state index is 0.640. The molecule has 3 aromatic rings. The zero-order valence-corrected chi connectivity index (χ0v) is 13.9. The number of aromatic nitrogens is 2. The Bertz CT molecular complexity index is 754. The predicted octanol–water partition coefficient (Wildman–Crippen LogP) is 4.44. The second kappa shape index (κ2) is 8.11. The van der Waals surface area contributed by atoms with Gasteiger partial charge in [0.2, 0.25) is 5.95 Å². The summed E-state index contributed by atoms with van der Waals surface area (Å²) >= 11 is 0. The van der Waals surface area contributed by atoms with Gasteiger partial charge in [0.1, 0.15) is 5.82 Å². The van der Waals surface area contributed by atoms with Crippen LogP contribution in [0, 0.1) is 0 Å². The first-order valence-corrected chi connectivity index (χ1v) is 8.30. The molecule has 0 saturated carbocycles. The average Bonchev–Trinajstić information content (AvgIpc) is 2.64. The Morgan fingerprint density at radius 1 is 0.875 bits per heavy atom. The van der Waals surface area contributed by atoms with Crippen LogP contribution in [0.25, 0.3) is 0 Å². The minimum atomic E-state index is 0.640. The lowest BCUT2D eigenvalue weighted by atomic mass is 10.1. The first kappa shape index (κ1) is 16.0. The molecule has 0 amide bonds. The third-order valence-electron chi connectivity index (χ3n) is 3.83. The molecule has 0 radical (unpaired) electrons. The molecule has 0 aliphatic rings. The molecule has 1 aromatic heterocycles. The van der Waals surface area contributed by atoms with E-state index >= 15 is 0 Å². The van der Waals surface area contributed by atoms with Gasteiger partial charge in [-0.2, -0.15) is 4.98 Å². The molecule has 2 aromatic carbocycles. The smallest absolute Gasteiger partial charge is 0.224 e. The van der Waals surface area contributed by atoms with Crippen molar-refractivity contribution in [3.63, 3.8) is 0 Å². The summed E-state index contributed by atoms with van der Waals surface area (Å²) in [7, 11) is 0. The summed E-state index contributed by atoms with van der Waals surface area (Å²) < 4.78 is 0. The summed E-state index contributed by atoms with van der Waals surface area (Å²) in [6.07, 6.45) is 3.75. The molecule has 122 valence electrons. The second-order valence-corrected chi connectivity index (χ2v) is 5.60. The van der Waals surface area contributed by atoms with Gasteiger partial charge in [0.05, 0.1) is 0 Å². The Labute approximate surface area is 143 Å². The quantitative estimate of drug-likeness (QED) is 0.676. The first-order valence-electron chi connectivity index (χ1n) is 8.30. The van der Waals surface area contributed by atoms with E-state index in [1.54, 1.807) is 6.20 Å². The number of anilines is 3. The second-order valence-electron chi connectivity index (χ2n) is 5.60. The van der Waals surface area contributed by atoms with Crippen molar-refractivity contribution in [3.05, 3.63) is 78.0 Å². The van der Waals surface area contributed by atoms with Gasteiger partial charge in [-0.25, -0.2) is 4.98 Å². The third kappa shape index (κ3) is 4.56. The molecule has 1 heterocycles. The van der Waals surface area contributed by atoms with Gasteiger partial charge >= 0.3 is 0 Å². The fraction of sp³-hybridized carbons (Fsp3) is 0.200. The van der Waals surface area contributed by atoms with Crippen LogP contribution in [-0.4, -0.2) is 16.5 Å². The third-order valence-corrected chi connectivity index (χ3v) is 3.83. The highest BCUT2D eigenvalue weighted by Crippen LogP contribution is 2.16. The van der Waals surface area contributed by atoms with E-state index in [1.807, 2.05) is 12.1 Å². The van der Waals surface area contributed by atoms with Crippen LogP contribution in [0.4, 0.5) is 17.5 Å². The molecule has 0 saturated heterocycles. The molecular weight excluding hydrogens is 296 g/mol.